The van der Waals surface area contributed by atoms with Crippen LogP contribution in [0.15, 0.2) is 36.4 Å². The highest BCUT2D eigenvalue weighted by Crippen LogP contribution is 2.27. The van der Waals surface area contributed by atoms with Crippen LogP contribution in [0.25, 0.3) is 0 Å². The van der Waals surface area contributed by atoms with Crippen molar-refractivity contribution < 1.29 is 8.78 Å². The first kappa shape index (κ1) is 14.9. The molecule has 0 saturated heterocycles. The SMILES string of the molecule is CNC(Cc1cc(F)ccc1F)c1cccc(Cl)c1C. The smallest absolute Gasteiger partial charge is 0.126 e. The van der Waals surface area contributed by atoms with Crippen molar-refractivity contribution in [1.29, 1.82) is 0 Å². The average molecular weight is 296 g/mol. The van der Waals surface area contributed by atoms with Crippen LogP contribution in [0.1, 0.15) is 22.7 Å². The lowest BCUT2D eigenvalue weighted by atomic mass is 9.95. The molecular weight excluding hydrogens is 280 g/mol. The topological polar surface area (TPSA) is 12.0 Å². The van der Waals surface area contributed by atoms with Crippen LogP contribution in [-0.2, 0) is 6.42 Å². The zero-order valence-corrected chi connectivity index (χ0v) is 12.1. The van der Waals surface area contributed by atoms with Crippen molar-refractivity contribution in [2.75, 3.05) is 7.05 Å². The molecule has 1 N–H and O–H groups in total. The summed E-state index contributed by atoms with van der Waals surface area (Å²) >= 11 is 6.11. The number of hydrogen-bond donors (Lipinski definition) is 1. The van der Waals surface area contributed by atoms with Crippen molar-refractivity contribution >= 4 is 11.6 Å². The van der Waals surface area contributed by atoms with E-state index in [1.807, 2.05) is 25.1 Å². The van der Waals surface area contributed by atoms with Gasteiger partial charge in [-0.25, -0.2) is 8.78 Å². The fourth-order valence-electron chi connectivity index (χ4n) is 2.29. The number of likely N-dealkylation sites (N-methyl/N-ethyl adjacent to an activating group) is 1. The van der Waals surface area contributed by atoms with Gasteiger partial charge >= 0.3 is 0 Å². The summed E-state index contributed by atoms with van der Waals surface area (Å²) < 4.78 is 27.0. The lowest BCUT2D eigenvalue weighted by Gasteiger charge is -2.20. The Balaban J connectivity index is 2.34. The van der Waals surface area contributed by atoms with E-state index in [2.05, 4.69) is 5.32 Å². The van der Waals surface area contributed by atoms with E-state index in [4.69, 9.17) is 11.6 Å². The first-order valence-corrected chi connectivity index (χ1v) is 6.77. The molecule has 0 fully saturated rings. The van der Waals surface area contributed by atoms with E-state index in [1.165, 1.54) is 6.07 Å². The van der Waals surface area contributed by atoms with Crippen molar-refractivity contribution in [3.05, 3.63) is 69.7 Å². The summed E-state index contributed by atoms with van der Waals surface area (Å²) in [7, 11) is 1.79. The zero-order chi connectivity index (χ0) is 14.7. The van der Waals surface area contributed by atoms with Crippen LogP contribution in [0.3, 0.4) is 0 Å². The molecule has 0 radical (unpaired) electrons. The quantitative estimate of drug-likeness (QED) is 0.880. The van der Waals surface area contributed by atoms with Crippen LogP contribution < -0.4 is 5.32 Å². The van der Waals surface area contributed by atoms with E-state index in [-0.39, 0.29) is 6.04 Å². The van der Waals surface area contributed by atoms with Crippen LogP contribution in [-0.4, -0.2) is 7.05 Å². The van der Waals surface area contributed by atoms with Crippen molar-refractivity contribution in [3.8, 4) is 0 Å². The van der Waals surface area contributed by atoms with E-state index >= 15 is 0 Å². The summed E-state index contributed by atoms with van der Waals surface area (Å²) in [6, 6.07) is 9.01. The molecule has 0 bridgehead atoms. The molecule has 1 nitrogen and oxygen atoms in total. The molecule has 0 aromatic heterocycles. The Morgan fingerprint density at radius 2 is 1.95 bits per heavy atom. The average Bonchev–Trinajstić information content (AvgIpc) is 2.43. The number of hydrogen-bond acceptors (Lipinski definition) is 1. The van der Waals surface area contributed by atoms with Crippen LogP contribution >= 0.6 is 11.6 Å². The monoisotopic (exact) mass is 295 g/mol. The van der Waals surface area contributed by atoms with Crippen LogP contribution in [0, 0.1) is 18.6 Å². The molecule has 4 heteroatoms. The molecule has 1 unspecified atom stereocenters. The number of halogens is 3. The van der Waals surface area contributed by atoms with Crippen molar-refractivity contribution in [2.45, 2.75) is 19.4 Å². The van der Waals surface area contributed by atoms with Gasteiger partial charge in [0.25, 0.3) is 0 Å². The first-order chi connectivity index (χ1) is 9.52. The third-order valence-corrected chi connectivity index (χ3v) is 3.87. The largest absolute Gasteiger partial charge is 0.313 e. The van der Waals surface area contributed by atoms with Gasteiger partial charge < -0.3 is 5.32 Å². The van der Waals surface area contributed by atoms with Gasteiger partial charge in [0.1, 0.15) is 11.6 Å². The third-order valence-electron chi connectivity index (χ3n) is 3.47. The van der Waals surface area contributed by atoms with Gasteiger partial charge in [0.15, 0.2) is 0 Å². The second-order valence-electron chi connectivity index (χ2n) is 4.74. The van der Waals surface area contributed by atoms with Gasteiger partial charge in [0, 0.05) is 11.1 Å². The van der Waals surface area contributed by atoms with E-state index < -0.39 is 11.6 Å². The van der Waals surface area contributed by atoms with Crippen LogP contribution in [0.4, 0.5) is 8.78 Å². The Kier molecular flexibility index (Phi) is 4.73. The van der Waals surface area contributed by atoms with E-state index in [9.17, 15) is 8.78 Å². The highest BCUT2D eigenvalue weighted by molar-refractivity contribution is 6.31. The molecule has 2 aromatic rings. The predicted octanol–water partition coefficient (Wildman–Crippen LogP) is 4.43. The van der Waals surface area contributed by atoms with Gasteiger partial charge in [-0.3, -0.25) is 0 Å². The third kappa shape index (κ3) is 3.17. The molecule has 0 amide bonds. The maximum absolute atomic E-state index is 13.7. The molecule has 0 aliphatic rings. The van der Waals surface area contributed by atoms with Crippen molar-refractivity contribution in [3.63, 3.8) is 0 Å². The summed E-state index contributed by atoms with van der Waals surface area (Å²) in [5.41, 5.74) is 2.29. The Morgan fingerprint density at radius 3 is 2.65 bits per heavy atom. The summed E-state index contributed by atoms with van der Waals surface area (Å²) in [6.07, 6.45) is 0.362. The van der Waals surface area contributed by atoms with Gasteiger partial charge in [-0.15, -0.1) is 0 Å². The molecule has 1 atom stereocenters. The molecule has 2 aromatic carbocycles. The molecule has 0 aliphatic carbocycles. The molecule has 0 heterocycles. The van der Waals surface area contributed by atoms with Gasteiger partial charge in [-0.05, 0) is 61.3 Å². The second kappa shape index (κ2) is 6.33. The molecule has 2 rings (SSSR count). The van der Waals surface area contributed by atoms with Crippen molar-refractivity contribution in [2.24, 2.45) is 0 Å². The van der Waals surface area contributed by atoms with E-state index in [0.717, 1.165) is 23.3 Å². The zero-order valence-electron chi connectivity index (χ0n) is 11.4. The summed E-state index contributed by atoms with van der Waals surface area (Å²) in [5.74, 6) is -0.828. The minimum absolute atomic E-state index is 0.120. The lowest BCUT2D eigenvalue weighted by molar-refractivity contribution is 0.542. The molecule has 106 valence electrons. The standard InChI is InChI=1S/C16H16ClF2N/c1-10-13(4-3-5-14(10)17)16(20-2)9-11-8-12(18)6-7-15(11)19/h3-8,16,20H,9H2,1-2H3. The number of rotatable bonds is 4. The van der Waals surface area contributed by atoms with E-state index in [1.54, 1.807) is 7.05 Å². The van der Waals surface area contributed by atoms with E-state index in [0.29, 0.717) is 17.0 Å². The Hall–Kier alpha value is -1.45. The van der Waals surface area contributed by atoms with Gasteiger partial charge in [0.05, 0.1) is 0 Å². The maximum atomic E-state index is 13.7. The lowest BCUT2D eigenvalue weighted by Crippen LogP contribution is -2.20. The van der Waals surface area contributed by atoms with Crippen LogP contribution in [0.5, 0.6) is 0 Å². The normalized spacial score (nSPS) is 12.4. The maximum Gasteiger partial charge on any atom is 0.126 e. The van der Waals surface area contributed by atoms with Gasteiger partial charge in [-0.1, -0.05) is 23.7 Å². The summed E-state index contributed by atoms with van der Waals surface area (Å²) in [5, 5.41) is 3.80. The van der Waals surface area contributed by atoms with Gasteiger partial charge in [0.2, 0.25) is 0 Å². The minimum atomic E-state index is -0.431. The minimum Gasteiger partial charge on any atom is -0.313 e. The molecule has 20 heavy (non-hydrogen) atoms. The fraction of sp³-hybridized carbons (Fsp3) is 0.250. The highest BCUT2D eigenvalue weighted by Gasteiger charge is 2.16. The first-order valence-electron chi connectivity index (χ1n) is 6.39. The van der Waals surface area contributed by atoms with Crippen molar-refractivity contribution in [1.82, 2.24) is 5.32 Å². The molecule has 0 aliphatic heterocycles. The Bertz CT molecular complexity index is 613. The number of nitrogens with one attached hydrogen (secondary N) is 1. The molecular formula is C16H16ClF2N. The van der Waals surface area contributed by atoms with Gasteiger partial charge in [-0.2, -0.15) is 0 Å². The fourth-order valence-corrected chi connectivity index (χ4v) is 2.47. The Morgan fingerprint density at radius 1 is 1.20 bits per heavy atom. The molecule has 0 saturated carbocycles. The van der Waals surface area contributed by atoms with Crippen LogP contribution in [0.2, 0.25) is 5.02 Å². The predicted molar refractivity (Wildman–Crippen MR) is 78.1 cm³/mol. The Labute approximate surface area is 122 Å². The summed E-state index contributed by atoms with van der Waals surface area (Å²) in [4.78, 5) is 0. The molecule has 0 spiro atoms. The number of benzene rings is 2. The highest BCUT2D eigenvalue weighted by atomic mass is 35.5. The summed E-state index contributed by atoms with van der Waals surface area (Å²) in [6.45, 7) is 1.92. The second-order valence-corrected chi connectivity index (χ2v) is 5.14.